The van der Waals surface area contributed by atoms with Gasteiger partial charge >= 0.3 is 0 Å². The standard InChI is InChI=1S/C12H27NO/c1-6-13-12(8-7-10(2)3)9-14-11(4)5/h10-13H,6-9H2,1-5H3. The van der Waals surface area contributed by atoms with Gasteiger partial charge in [-0.25, -0.2) is 0 Å². The van der Waals surface area contributed by atoms with Gasteiger partial charge in [0.05, 0.1) is 12.7 Å². The zero-order valence-electron chi connectivity index (χ0n) is 10.5. The molecule has 0 aliphatic carbocycles. The fraction of sp³-hybridized carbons (Fsp3) is 1.00. The lowest BCUT2D eigenvalue weighted by atomic mass is 10.0. The molecule has 0 heterocycles. The molecule has 0 aromatic rings. The van der Waals surface area contributed by atoms with Crippen LogP contribution in [0.5, 0.6) is 0 Å². The van der Waals surface area contributed by atoms with Crippen molar-refractivity contribution in [3.8, 4) is 0 Å². The van der Waals surface area contributed by atoms with E-state index in [9.17, 15) is 0 Å². The zero-order chi connectivity index (χ0) is 11.0. The van der Waals surface area contributed by atoms with Gasteiger partial charge in [-0.15, -0.1) is 0 Å². The van der Waals surface area contributed by atoms with Crippen molar-refractivity contribution in [2.24, 2.45) is 5.92 Å². The Labute approximate surface area is 89.4 Å². The van der Waals surface area contributed by atoms with Gasteiger partial charge in [0.15, 0.2) is 0 Å². The summed E-state index contributed by atoms with van der Waals surface area (Å²) in [6.45, 7) is 12.7. The topological polar surface area (TPSA) is 21.3 Å². The molecule has 14 heavy (non-hydrogen) atoms. The van der Waals surface area contributed by atoms with E-state index in [1.165, 1.54) is 12.8 Å². The maximum atomic E-state index is 5.63. The third-order valence-electron chi connectivity index (χ3n) is 2.22. The molecular weight excluding hydrogens is 174 g/mol. The summed E-state index contributed by atoms with van der Waals surface area (Å²) in [4.78, 5) is 0. The van der Waals surface area contributed by atoms with Crippen LogP contribution in [0.25, 0.3) is 0 Å². The van der Waals surface area contributed by atoms with E-state index in [-0.39, 0.29) is 0 Å². The molecule has 0 rings (SSSR count). The Morgan fingerprint density at radius 1 is 1.07 bits per heavy atom. The van der Waals surface area contributed by atoms with Crippen LogP contribution in [0.2, 0.25) is 0 Å². The Hall–Kier alpha value is -0.0800. The van der Waals surface area contributed by atoms with E-state index in [1.54, 1.807) is 0 Å². The summed E-state index contributed by atoms with van der Waals surface area (Å²) in [5.74, 6) is 0.787. The normalized spacial score (nSPS) is 13.9. The quantitative estimate of drug-likeness (QED) is 0.652. The second-order valence-electron chi connectivity index (χ2n) is 4.61. The minimum Gasteiger partial charge on any atom is -0.377 e. The second-order valence-corrected chi connectivity index (χ2v) is 4.61. The minimum atomic E-state index is 0.343. The fourth-order valence-electron chi connectivity index (χ4n) is 1.38. The van der Waals surface area contributed by atoms with Gasteiger partial charge in [0.1, 0.15) is 0 Å². The van der Waals surface area contributed by atoms with Gasteiger partial charge in [-0.05, 0) is 39.2 Å². The van der Waals surface area contributed by atoms with E-state index in [2.05, 4.69) is 39.9 Å². The Morgan fingerprint density at radius 3 is 2.14 bits per heavy atom. The van der Waals surface area contributed by atoms with Gasteiger partial charge in [-0.2, -0.15) is 0 Å². The monoisotopic (exact) mass is 201 g/mol. The summed E-state index contributed by atoms with van der Waals surface area (Å²) in [7, 11) is 0. The van der Waals surface area contributed by atoms with Crippen LogP contribution < -0.4 is 5.32 Å². The van der Waals surface area contributed by atoms with Crippen molar-refractivity contribution in [3.63, 3.8) is 0 Å². The molecule has 0 radical (unpaired) electrons. The number of likely N-dealkylation sites (N-methyl/N-ethyl adjacent to an activating group) is 1. The summed E-state index contributed by atoms with van der Waals surface area (Å²) in [6.07, 6.45) is 2.84. The molecule has 2 nitrogen and oxygen atoms in total. The maximum absolute atomic E-state index is 5.63. The predicted molar refractivity (Wildman–Crippen MR) is 62.6 cm³/mol. The average molecular weight is 201 g/mol. The molecule has 0 saturated heterocycles. The number of nitrogens with one attached hydrogen (secondary N) is 1. The van der Waals surface area contributed by atoms with E-state index in [1.807, 2.05) is 0 Å². The van der Waals surface area contributed by atoms with Crippen LogP contribution in [0.3, 0.4) is 0 Å². The highest BCUT2D eigenvalue weighted by atomic mass is 16.5. The molecule has 0 aliphatic heterocycles. The molecule has 1 N–H and O–H groups in total. The molecular formula is C12H27NO. The first-order valence-electron chi connectivity index (χ1n) is 5.91. The largest absolute Gasteiger partial charge is 0.377 e. The minimum absolute atomic E-state index is 0.343. The maximum Gasteiger partial charge on any atom is 0.0623 e. The number of ether oxygens (including phenoxy) is 1. The Morgan fingerprint density at radius 2 is 1.71 bits per heavy atom. The molecule has 2 heteroatoms. The van der Waals surface area contributed by atoms with Crippen molar-refractivity contribution in [3.05, 3.63) is 0 Å². The lowest BCUT2D eigenvalue weighted by molar-refractivity contribution is 0.0588. The van der Waals surface area contributed by atoms with Crippen LogP contribution in [0.4, 0.5) is 0 Å². The first-order chi connectivity index (χ1) is 6.56. The molecule has 0 bridgehead atoms. The predicted octanol–water partition coefficient (Wildman–Crippen LogP) is 2.83. The molecule has 0 saturated carbocycles. The first-order valence-corrected chi connectivity index (χ1v) is 5.91. The van der Waals surface area contributed by atoms with E-state index < -0.39 is 0 Å². The van der Waals surface area contributed by atoms with Crippen LogP contribution in [-0.4, -0.2) is 25.3 Å². The summed E-state index contributed by atoms with van der Waals surface area (Å²) in [6, 6.07) is 0.532. The molecule has 0 spiro atoms. The fourth-order valence-corrected chi connectivity index (χ4v) is 1.38. The van der Waals surface area contributed by atoms with Gasteiger partial charge in [0, 0.05) is 6.04 Å². The van der Waals surface area contributed by atoms with Crippen molar-refractivity contribution < 1.29 is 4.74 Å². The van der Waals surface area contributed by atoms with Gasteiger partial charge in [0.25, 0.3) is 0 Å². The van der Waals surface area contributed by atoms with Crippen molar-refractivity contribution >= 4 is 0 Å². The van der Waals surface area contributed by atoms with Crippen LogP contribution in [0.15, 0.2) is 0 Å². The van der Waals surface area contributed by atoms with Crippen molar-refractivity contribution in [1.82, 2.24) is 5.32 Å². The molecule has 86 valence electrons. The molecule has 1 atom stereocenters. The average Bonchev–Trinajstić information content (AvgIpc) is 2.09. The van der Waals surface area contributed by atoms with Crippen LogP contribution in [0.1, 0.15) is 47.5 Å². The summed E-state index contributed by atoms with van der Waals surface area (Å²) < 4.78 is 5.63. The summed E-state index contributed by atoms with van der Waals surface area (Å²) in [5, 5.41) is 3.47. The van der Waals surface area contributed by atoms with E-state index in [0.717, 1.165) is 19.1 Å². The van der Waals surface area contributed by atoms with Gasteiger partial charge in [0.2, 0.25) is 0 Å². The van der Waals surface area contributed by atoms with Gasteiger partial charge in [-0.1, -0.05) is 20.8 Å². The van der Waals surface area contributed by atoms with Gasteiger partial charge < -0.3 is 10.1 Å². The van der Waals surface area contributed by atoms with Gasteiger partial charge in [-0.3, -0.25) is 0 Å². The van der Waals surface area contributed by atoms with E-state index >= 15 is 0 Å². The highest BCUT2D eigenvalue weighted by Gasteiger charge is 2.09. The van der Waals surface area contributed by atoms with Crippen LogP contribution in [-0.2, 0) is 4.74 Å². The third-order valence-corrected chi connectivity index (χ3v) is 2.22. The summed E-state index contributed by atoms with van der Waals surface area (Å²) in [5.41, 5.74) is 0. The highest BCUT2D eigenvalue weighted by Crippen LogP contribution is 2.07. The number of hydrogen-bond donors (Lipinski definition) is 1. The molecule has 0 aromatic heterocycles. The van der Waals surface area contributed by atoms with E-state index in [0.29, 0.717) is 12.1 Å². The SMILES string of the molecule is CCNC(CCC(C)C)COC(C)C. The van der Waals surface area contributed by atoms with Crippen LogP contribution in [0, 0.1) is 5.92 Å². The summed E-state index contributed by atoms with van der Waals surface area (Å²) >= 11 is 0. The lowest BCUT2D eigenvalue weighted by Crippen LogP contribution is -2.34. The molecule has 0 aromatic carbocycles. The third kappa shape index (κ3) is 8.52. The first kappa shape index (κ1) is 13.9. The highest BCUT2D eigenvalue weighted by molar-refractivity contribution is 4.66. The van der Waals surface area contributed by atoms with E-state index in [4.69, 9.17) is 4.74 Å². The molecule has 0 amide bonds. The Balaban J connectivity index is 3.65. The van der Waals surface area contributed by atoms with Crippen molar-refractivity contribution in [2.75, 3.05) is 13.2 Å². The zero-order valence-corrected chi connectivity index (χ0v) is 10.5. The lowest BCUT2D eigenvalue weighted by Gasteiger charge is -2.20. The molecule has 0 fully saturated rings. The number of hydrogen-bond acceptors (Lipinski definition) is 2. The van der Waals surface area contributed by atoms with Crippen LogP contribution >= 0.6 is 0 Å². The molecule has 0 aliphatic rings. The smallest absolute Gasteiger partial charge is 0.0623 e. The Bertz CT molecular complexity index is 111. The number of rotatable bonds is 8. The van der Waals surface area contributed by atoms with Crippen molar-refractivity contribution in [2.45, 2.75) is 59.6 Å². The molecule has 1 unspecified atom stereocenters. The second kappa shape index (κ2) is 8.25. The van der Waals surface area contributed by atoms with Crippen molar-refractivity contribution in [1.29, 1.82) is 0 Å². The Kier molecular flexibility index (Phi) is 8.20.